The summed E-state index contributed by atoms with van der Waals surface area (Å²) in [6.07, 6.45) is 9.23. The number of anilines is 1. The molecule has 1 aromatic carbocycles. The molecule has 11 heteroatoms. The number of fused-ring (bicyclic) bond motifs is 2. The number of aliphatic carboxylic acids is 1. The van der Waals surface area contributed by atoms with Crippen molar-refractivity contribution in [2.45, 2.75) is 51.4 Å². The lowest BCUT2D eigenvalue weighted by atomic mass is 9.69. The molecule has 3 aliphatic rings. The molecule has 0 saturated carbocycles. The minimum atomic E-state index is -1.22. The van der Waals surface area contributed by atoms with Crippen LogP contribution in [0.3, 0.4) is 0 Å². The number of carbonyl (C=O) groups excluding carboxylic acids is 1. The third-order valence-electron chi connectivity index (χ3n) is 8.05. The molecule has 0 atom stereocenters. The van der Waals surface area contributed by atoms with Gasteiger partial charge in [-0.05, 0) is 47.5 Å². The first-order valence-electron chi connectivity index (χ1n) is 13.2. The highest BCUT2D eigenvalue weighted by Crippen LogP contribution is 2.52. The van der Waals surface area contributed by atoms with Crippen molar-refractivity contribution in [2.24, 2.45) is 0 Å². The average Bonchev–Trinajstić information content (AvgIpc) is 3.13. The third-order valence-corrected chi connectivity index (χ3v) is 9.45. The van der Waals surface area contributed by atoms with Gasteiger partial charge in [-0.15, -0.1) is 0 Å². The smallest absolute Gasteiger partial charge is 0.344 e. The van der Waals surface area contributed by atoms with E-state index in [1.807, 2.05) is 6.07 Å². The number of allylic oxidation sites excluding steroid dienone is 4. The van der Waals surface area contributed by atoms with Crippen molar-refractivity contribution in [2.75, 3.05) is 24.5 Å². The second-order valence-corrected chi connectivity index (χ2v) is 13.4. The molecule has 9 nitrogen and oxygen atoms in total. The van der Waals surface area contributed by atoms with Gasteiger partial charge >= 0.3 is 17.6 Å². The molecule has 2 aromatic rings. The summed E-state index contributed by atoms with van der Waals surface area (Å²) >= 11 is 6.08. The molecule has 0 aliphatic carbocycles. The third kappa shape index (κ3) is 5.01. The van der Waals surface area contributed by atoms with Crippen molar-refractivity contribution >= 4 is 68.9 Å². The van der Waals surface area contributed by atoms with Crippen LogP contribution < -0.4 is 10.5 Å². The van der Waals surface area contributed by atoms with Crippen LogP contribution in [0.15, 0.2) is 44.5 Å². The molecule has 1 aromatic heterocycles. The van der Waals surface area contributed by atoms with Crippen LogP contribution in [0.25, 0.3) is 17.0 Å². The first-order valence-corrected chi connectivity index (χ1v) is 14.4. The Morgan fingerprint density at radius 1 is 1.07 bits per heavy atom. The number of hydrogen-bond acceptors (Lipinski definition) is 8. The SMILES string of the molecule is CC1(C)CCN2CCC(C)(C)c3c2c1cc1c(C(=O)O)c(C=CC=CC=C2SC(=S)N(CC(=O)O)C2=O)c(=O)oc31. The van der Waals surface area contributed by atoms with E-state index in [1.54, 1.807) is 6.08 Å². The molecule has 0 unspecified atom stereocenters. The number of rotatable bonds is 6. The number of carbonyl (C=O) groups is 3. The van der Waals surface area contributed by atoms with E-state index in [9.17, 15) is 24.3 Å². The second kappa shape index (κ2) is 10.3. The predicted octanol–water partition coefficient (Wildman–Crippen LogP) is 5.06. The predicted molar refractivity (Wildman–Crippen MR) is 163 cm³/mol. The molecule has 1 fully saturated rings. The van der Waals surface area contributed by atoms with Crippen LogP contribution in [0.4, 0.5) is 5.69 Å². The van der Waals surface area contributed by atoms with Gasteiger partial charge < -0.3 is 19.5 Å². The van der Waals surface area contributed by atoms with Crippen LogP contribution in [0, 0.1) is 0 Å². The summed E-state index contributed by atoms with van der Waals surface area (Å²) in [6.45, 7) is 9.80. The number of hydrogen-bond donors (Lipinski definition) is 2. The minimum Gasteiger partial charge on any atom is -0.480 e. The Hall–Kier alpha value is -3.70. The average molecular weight is 595 g/mol. The Morgan fingerprint density at radius 3 is 2.41 bits per heavy atom. The zero-order chi connectivity index (χ0) is 29.9. The maximum atomic E-state index is 13.3. The van der Waals surface area contributed by atoms with Gasteiger partial charge in [0.05, 0.1) is 16.0 Å². The standard InChI is InChI=1S/C30H30N2O7S2/c1-29(2)10-12-31-13-11-30(3,4)22-23(31)18(29)14-17-21(26(36)37)16(27(38)39-24(17)22)8-6-5-7-9-19-25(35)32(15-20(33)34)28(40)41-19/h5-9,14H,10-13,15H2,1-4H3,(H,33,34)(H,36,37). The second-order valence-electron chi connectivity index (χ2n) is 11.7. The Morgan fingerprint density at radius 2 is 1.76 bits per heavy atom. The summed E-state index contributed by atoms with van der Waals surface area (Å²) in [7, 11) is 0. The van der Waals surface area contributed by atoms with Crippen molar-refractivity contribution < 1.29 is 29.0 Å². The summed E-state index contributed by atoms with van der Waals surface area (Å²) in [5.41, 5.74) is 1.91. The van der Waals surface area contributed by atoms with Crippen molar-refractivity contribution in [3.05, 3.63) is 67.9 Å². The zero-order valence-electron chi connectivity index (χ0n) is 23.1. The number of carboxylic acids is 2. The van der Waals surface area contributed by atoms with Crippen molar-refractivity contribution in [3.8, 4) is 0 Å². The largest absolute Gasteiger partial charge is 0.480 e. The van der Waals surface area contributed by atoms with E-state index in [4.69, 9.17) is 21.7 Å². The number of amides is 1. The number of thiocarbonyl (C=S) groups is 1. The van der Waals surface area contributed by atoms with Crippen LogP contribution >= 0.6 is 24.0 Å². The van der Waals surface area contributed by atoms with Gasteiger partial charge in [0.25, 0.3) is 5.91 Å². The Balaban J connectivity index is 1.58. The van der Waals surface area contributed by atoms with Crippen LogP contribution in [0.2, 0.25) is 0 Å². The highest BCUT2D eigenvalue weighted by molar-refractivity contribution is 8.26. The Bertz CT molecular complexity index is 1680. The fourth-order valence-corrected chi connectivity index (χ4v) is 6.97. The summed E-state index contributed by atoms with van der Waals surface area (Å²) in [5, 5.41) is 19.7. The van der Waals surface area contributed by atoms with E-state index in [1.165, 1.54) is 24.3 Å². The molecule has 3 aliphatic heterocycles. The van der Waals surface area contributed by atoms with E-state index < -0.39 is 30.0 Å². The molecule has 2 N–H and O–H groups in total. The number of nitrogens with zero attached hydrogens (tertiary/aromatic N) is 2. The highest BCUT2D eigenvalue weighted by atomic mass is 32.2. The van der Waals surface area contributed by atoms with Crippen LogP contribution in [0.1, 0.15) is 67.6 Å². The van der Waals surface area contributed by atoms with Crippen molar-refractivity contribution in [3.63, 3.8) is 0 Å². The molecule has 214 valence electrons. The van der Waals surface area contributed by atoms with Gasteiger partial charge in [-0.2, -0.15) is 0 Å². The molecule has 1 amide bonds. The van der Waals surface area contributed by atoms with Gasteiger partial charge in [-0.3, -0.25) is 14.5 Å². The zero-order valence-corrected chi connectivity index (χ0v) is 24.8. The van der Waals surface area contributed by atoms with Crippen LogP contribution in [-0.4, -0.2) is 56.9 Å². The summed E-state index contributed by atoms with van der Waals surface area (Å²) in [5.74, 6) is -2.89. The van der Waals surface area contributed by atoms with E-state index in [0.717, 1.165) is 59.4 Å². The Kier molecular flexibility index (Phi) is 7.23. The van der Waals surface area contributed by atoms with Gasteiger partial charge in [0.2, 0.25) is 0 Å². The first-order chi connectivity index (χ1) is 19.2. The van der Waals surface area contributed by atoms with Crippen LogP contribution in [0.5, 0.6) is 0 Å². The van der Waals surface area contributed by atoms with E-state index >= 15 is 0 Å². The summed E-state index contributed by atoms with van der Waals surface area (Å²) in [4.78, 5) is 52.9. The minimum absolute atomic E-state index is 0.0753. The number of thioether (sulfide) groups is 1. The normalized spacial score (nSPS) is 20.5. The van der Waals surface area contributed by atoms with Crippen molar-refractivity contribution in [1.82, 2.24) is 4.90 Å². The molecule has 1 saturated heterocycles. The molecular formula is C30H30N2O7S2. The lowest BCUT2D eigenvalue weighted by Crippen LogP contribution is -2.45. The molecule has 0 radical (unpaired) electrons. The molecular weight excluding hydrogens is 564 g/mol. The van der Waals surface area contributed by atoms with Gasteiger partial charge in [-0.1, -0.05) is 69.9 Å². The maximum absolute atomic E-state index is 13.3. The van der Waals surface area contributed by atoms with Crippen LogP contribution in [-0.2, 0) is 20.4 Å². The lowest BCUT2D eigenvalue weighted by molar-refractivity contribution is -0.140. The fourth-order valence-electron chi connectivity index (χ4n) is 5.76. The molecule has 5 rings (SSSR count). The Labute approximate surface area is 246 Å². The lowest BCUT2D eigenvalue weighted by Gasteiger charge is -2.48. The van der Waals surface area contributed by atoms with Gasteiger partial charge in [0.1, 0.15) is 16.4 Å². The van der Waals surface area contributed by atoms with E-state index in [0.29, 0.717) is 11.0 Å². The fraction of sp³-hybridized carbons (Fsp3) is 0.367. The van der Waals surface area contributed by atoms with Crippen molar-refractivity contribution in [1.29, 1.82) is 0 Å². The summed E-state index contributed by atoms with van der Waals surface area (Å²) in [6, 6.07) is 1.89. The monoisotopic (exact) mass is 594 g/mol. The first kappa shape index (κ1) is 28.8. The molecule has 0 spiro atoms. The number of carboxylic acid groups (broad SMARTS) is 2. The molecule has 0 bridgehead atoms. The summed E-state index contributed by atoms with van der Waals surface area (Å²) < 4.78 is 6.07. The number of aromatic carboxylic acids is 1. The maximum Gasteiger partial charge on any atom is 0.344 e. The van der Waals surface area contributed by atoms with Gasteiger partial charge in [0, 0.05) is 29.7 Å². The molecule has 4 heterocycles. The van der Waals surface area contributed by atoms with Gasteiger partial charge in [-0.25, -0.2) is 9.59 Å². The number of benzene rings is 1. The highest BCUT2D eigenvalue weighted by Gasteiger charge is 2.42. The molecule has 41 heavy (non-hydrogen) atoms. The quantitative estimate of drug-likeness (QED) is 0.203. The van der Waals surface area contributed by atoms with E-state index in [2.05, 4.69) is 32.6 Å². The van der Waals surface area contributed by atoms with Gasteiger partial charge in [0.15, 0.2) is 0 Å². The van der Waals surface area contributed by atoms with E-state index in [-0.39, 0.29) is 31.2 Å². The topological polar surface area (TPSA) is 128 Å².